The number of nitro groups is 2. The Hall–Kier alpha value is -3.93. The Morgan fingerprint density at radius 1 is 1.04 bits per heavy atom. The van der Waals surface area contributed by atoms with E-state index in [1.54, 1.807) is 0 Å². The highest BCUT2D eigenvalue weighted by molar-refractivity contribution is 6.26. The number of hydrazine groups is 1. The van der Waals surface area contributed by atoms with Crippen LogP contribution in [0.5, 0.6) is 0 Å². The average molecular weight is 374 g/mol. The first-order chi connectivity index (χ1) is 12.6. The van der Waals surface area contributed by atoms with Gasteiger partial charge in [-0.2, -0.15) is 0 Å². The lowest BCUT2D eigenvalue weighted by molar-refractivity contribution is -0.385. The SMILES string of the molecule is CN(CC(=O)O)N1C(=O)c2cc([N+](=O)[O-])cc3cc([N+](=O)[O-])cc(c23)C1=O. The van der Waals surface area contributed by atoms with Crippen LogP contribution >= 0.6 is 0 Å². The molecule has 3 rings (SSSR count). The second kappa shape index (κ2) is 6.10. The third kappa shape index (κ3) is 2.83. The summed E-state index contributed by atoms with van der Waals surface area (Å²) in [6.07, 6.45) is 0. The predicted octanol–water partition coefficient (Wildman–Crippen LogP) is 1.18. The highest BCUT2D eigenvalue weighted by Crippen LogP contribution is 2.36. The third-order valence-corrected chi connectivity index (χ3v) is 3.99. The number of carboxylic acids is 1. The molecule has 2 amide bonds. The van der Waals surface area contributed by atoms with Crippen molar-refractivity contribution in [3.05, 3.63) is 55.6 Å². The molecule has 0 bridgehead atoms. The number of benzene rings is 2. The number of nitro benzene ring substituents is 2. The second-order valence-electron chi connectivity index (χ2n) is 5.73. The van der Waals surface area contributed by atoms with Crippen LogP contribution in [0.2, 0.25) is 0 Å². The number of rotatable bonds is 5. The lowest BCUT2D eigenvalue weighted by Crippen LogP contribution is -2.51. The van der Waals surface area contributed by atoms with Crippen LogP contribution in [0, 0.1) is 20.2 Å². The van der Waals surface area contributed by atoms with E-state index in [2.05, 4.69) is 0 Å². The molecule has 2 aromatic carbocycles. The van der Waals surface area contributed by atoms with E-state index in [1.165, 1.54) is 7.05 Å². The van der Waals surface area contributed by atoms with Crippen molar-refractivity contribution in [2.75, 3.05) is 13.6 Å². The van der Waals surface area contributed by atoms with Gasteiger partial charge in [0.25, 0.3) is 23.2 Å². The van der Waals surface area contributed by atoms with E-state index in [0.717, 1.165) is 29.3 Å². The predicted molar refractivity (Wildman–Crippen MR) is 88.0 cm³/mol. The first kappa shape index (κ1) is 17.9. The van der Waals surface area contributed by atoms with Gasteiger partial charge in [-0.3, -0.25) is 34.6 Å². The van der Waals surface area contributed by atoms with Crippen molar-refractivity contribution in [2.24, 2.45) is 0 Å². The summed E-state index contributed by atoms with van der Waals surface area (Å²) in [6, 6.07) is 3.97. The molecule has 1 heterocycles. The average Bonchev–Trinajstić information content (AvgIpc) is 2.57. The molecule has 0 spiro atoms. The summed E-state index contributed by atoms with van der Waals surface area (Å²) in [4.78, 5) is 57.2. The number of hydrogen-bond acceptors (Lipinski definition) is 8. The van der Waals surface area contributed by atoms with Gasteiger partial charge in [0.05, 0.1) is 21.0 Å². The summed E-state index contributed by atoms with van der Waals surface area (Å²) in [6.45, 7) is -0.709. The summed E-state index contributed by atoms with van der Waals surface area (Å²) in [5, 5.41) is 32.6. The van der Waals surface area contributed by atoms with E-state index in [9.17, 15) is 34.6 Å². The fraction of sp³-hybridized carbons (Fsp3) is 0.133. The summed E-state index contributed by atoms with van der Waals surface area (Å²) in [5.41, 5.74) is -1.43. The molecule has 0 radical (unpaired) electrons. The molecule has 12 nitrogen and oxygen atoms in total. The number of imide groups is 1. The van der Waals surface area contributed by atoms with Crippen LogP contribution in [0.3, 0.4) is 0 Å². The molecule has 0 aromatic heterocycles. The number of carboxylic acid groups (broad SMARTS) is 1. The monoisotopic (exact) mass is 374 g/mol. The van der Waals surface area contributed by atoms with Gasteiger partial charge in [-0.1, -0.05) is 0 Å². The molecule has 27 heavy (non-hydrogen) atoms. The molecule has 0 fully saturated rings. The van der Waals surface area contributed by atoms with Crippen molar-refractivity contribution in [2.45, 2.75) is 0 Å². The molecule has 138 valence electrons. The molecule has 0 aliphatic carbocycles. The second-order valence-corrected chi connectivity index (χ2v) is 5.73. The molecule has 1 N–H and O–H groups in total. The van der Waals surface area contributed by atoms with Gasteiger partial charge < -0.3 is 5.11 Å². The Labute approximate surface area is 149 Å². The molecule has 0 unspecified atom stereocenters. The minimum atomic E-state index is -1.33. The van der Waals surface area contributed by atoms with Gasteiger partial charge in [-0.05, 0) is 5.39 Å². The fourth-order valence-corrected chi connectivity index (χ4v) is 2.93. The molecule has 0 atom stereocenters. The van der Waals surface area contributed by atoms with E-state index in [0.29, 0.717) is 5.01 Å². The van der Waals surface area contributed by atoms with Crippen molar-refractivity contribution >= 4 is 39.9 Å². The number of non-ortho nitro benzene ring substituents is 2. The van der Waals surface area contributed by atoms with Crippen molar-refractivity contribution in [1.82, 2.24) is 10.0 Å². The Morgan fingerprint density at radius 2 is 1.48 bits per heavy atom. The zero-order valence-electron chi connectivity index (χ0n) is 13.6. The van der Waals surface area contributed by atoms with Gasteiger partial charge in [0.1, 0.15) is 6.54 Å². The van der Waals surface area contributed by atoms with E-state index >= 15 is 0 Å². The van der Waals surface area contributed by atoms with E-state index < -0.39 is 45.5 Å². The van der Waals surface area contributed by atoms with E-state index in [-0.39, 0.29) is 21.9 Å². The Morgan fingerprint density at radius 3 is 1.85 bits per heavy atom. The number of aliphatic carboxylic acids is 1. The van der Waals surface area contributed by atoms with Crippen LogP contribution in [-0.4, -0.2) is 56.3 Å². The lowest BCUT2D eigenvalue weighted by Gasteiger charge is -2.32. The minimum Gasteiger partial charge on any atom is -0.480 e. The molecular weight excluding hydrogens is 364 g/mol. The zero-order chi connectivity index (χ0) is 20.0. The topological polar surface area (TPSA) is 164 Å². The molecule has 12 heteroatoms. The maximum absolute atomic E-state index is 12.7. The van der Waals surface area contributed by atoms with Crippen LogP contribution in [-0.2, 0) is 4.79 Å². The summed E-state index contributed by atoms with van der Waals surface area (Å²) < 4.78 is 0. The molecule has 1 aliphatic heterocycles. The maximum atomic E-state index is 12.7. The highest BCUT2D eigenvalue weighted by atomic mass is 16.6. The van der Waals surface area contributed by atoms with Crippen LogP contribution in [0.1, 0.15) is 20.7 Å². The van der Waals surface area contributed by atoms with Gasteiger partial charge in [0.15, 0.2) is 0 Å². The first-order valence-electron chi connectivity index (χ1n) is 7.34. The lowest BCUT2D eigenvalue weighted by atomic mass is 9.93. The first-order valence-corrected chi connectivity index (χ1v) is 7.34. The number of likely N-dealkylation sites (N-methyl/N-ethyl adjacent to an activating group) is 1. The van der Waals surface area contributed by atoms with Crippen molar-refractivity contribution < 1.29 is 29.3 Å². The Kier molecular flexibility index (Phi) is 4.04. The van der Waals surface area contributed by atoms with E-state index in [1.807, 2.05) is 0 Å². The number of carbonyl (C=O) groups is 3. The van der Waals surface area contributed by atoms with E-state index in [4.69, 9.17) is 5.11 Å². The van der Waals surface area contributed by atoms with Crippen LogP contribution < -0.4 is 0 Å². The van der Waals surface area contributed by atoms with Crippen molar-refractivity contribution in [1.29, 1.82) is 0 Å². The quantitative estimate of drug-likeness (QED) is 0.459. The van der Waals surface area contributed by atoms with Crippen molar-refractivity contribution in [3.63, 3.8) is 0 Å². The van der Waals surface area contributed by atoms with Crippen molar-refractivity contribution in [3.8, 4) is 0 Å². The Bertz CT molecular complexity index is 995. The highest BCUT2D eigenvalue weighted by Gasteiger charge is 2.38. The summed E-state index contributed by atoms with van der Waals surface area (Å²) in [7, 11) is 1.17. The minimum absolute atomic E-state index is 0.00867. The number of amides is 2. The molecule has 2 aromatic rings. The van der Waals surface area contributed by atoms with Crippen LogP contribution in [0.4, 0.5) is 11.4 Å². The number of carbonyl (C=O) groups excluding carboxylic acids is 2. The summed E-state index contributed by atoms with van der Waals surface area (Å²) in [5.74, 6) is -3.25. The van der Waals surface area contributed by atoms with Gasteiger partial charge in [0.2, 0.25) is 0 Å². The summed E-state index contributed by atoms with van der Waals surface area (Å²) >= 11 is 0. The van der Waals surface area contributed by atoms with Crippen LogP contribution in [0.15, 0.2) is 24.3 Å². The third-order valence-electron chi connectivity index (χ3n) is 3.99. The number of nitrogens with zero attached hydrogens (tertiary/aromatic N) is 4. The largest absolute Gasteiger partial charge is 0.480 e. The molecule has 0 saturated carbocycles. The standard InChI is InChI=1S/C15H10N4O8/c1-16(6-12(20)21)17-14(22)10-4-8(18(24)25)2-7-3-9(19(26)27)5-11(13(7)10)15(17)23/h2-5H,6H2,1H3,(H,20,21). The van der Waals surface area contributed by atoms with Gasteiger partial charge >= 0.3 is 5.97 Å². The molecule has 0 saturated heterocycles. The van der Waals surface area contributed by atoms with Gasteiger partial charge in [-0.25, -0.2) is 10.0 Å². The molecular formula is C15H10N4O8. The maximum Gasteiger partial charge on any atom is 0.319 e. The fourth-order valence-electron chi connectivity index (χ4n) is 2.93. The normalized spacial score (nSPS) is 13.3. The molecule has 1 aliphatic rings. The van der Waals surface area contributed by atoms with Gasteiger partial charge in [-0.15, -0.1) is 0 Å². The smallest absolute Gasteiger partial charge is 0.319 e. The Balaban J connectivity index is 2.33. The zero-order valence-corrected chi connectivity index (χ0v) is 13.6. The van der Waals surface area contributed by atoms with Crippen LogP contribution in [0.25, 0.3) is 10.8 Å². The number of hydrogen-bond donors (Lipinski definition) is 1. The van der Waals surface area contributed by atoms with Gasteiger partial charge in [0, 0.05) is 36.7 Å².